The largest absolute Gasteiger partial charge is 0.378 e. The van der Waals surface area contributed by atoms with Crippen LogP contribution in [0.25, 0.3) is 0 Å². The summed E-state index contributed by atoms with van der Waals surface area (Å²) in [6.45, 7) is 3.64. The standard InChI is InChI=1S/C12H17FN2O3S/c1-9-2-3-11(13)12(6-9)19(16,17)15-7-10-8-18-5-4-14-10/h2-3,6,10,14-15H,4-5,7-8H2,1H3. The van der Waals surface area contributed by atoms with Crippen LogP contribution in [0.1, 0.15) is 5.56 Å². The maximum absolute atomic E-state index is 13.6. The van der Waals surface area contributed by atoms with Crippen LogP contribution in [-0.2, 0) is 14.8 Å². The van der Waals surface area contributed by atoms with Crippen molar-refractivity contribution in [1.29, 1.82) is 0 Å². The first-order valence-electron chi connectivity index (χ1n) is 6.06. The highest BCUT2D eigenvalue weighted by Crippen LogP contribution is 2.15. The van der Waals surface area contributed by atoms with E-state index in [4.69, 9.17) is 4.74 Å². The van der Waals surface area contributed by atoms with Crippen molar-refractivity contribution in [2.24, 2.45) is 0 Å². The zero-order valence-corrected chi connectivity index (χ0v) is 11.5. The minimum atomic E-state index is -3.83. The van der Waals surface area contributed by atoms with Crippen LogP contribution in [0.3, 0.4) is 0 Å². The summed E-state index contributed by atoms with van der Waals surface area (Å²) in [6.07, 6.45) is 0. The highest BCUT2D eigenvalue weighted by molar-refractivity contribution is 7.89. The van der Waals surface area contributed by atoms with Crippen LogP contribution in [0.4, 0.5) is 4.39 Å². The Hall–Kier alpha value is -1.02. The molecule has 1 unspecified atom stereocenters. The lowest BCUT2D eigenvalue weighted by molar-refractivity contribution is 0.0784. The SMILES string of the molecule is Cc1ccc(F)c(S(=O)(=O)NCC2COCCN2)c1. The number of morpholine rings is 1. The number of aryl methyl sites for hydroxylation is 1. The summed E-state index contributed by atoms with van der Waals surface area (Å²) in [5.41, 5.74) is 0.695. The van der Waals surface area contributed by atoms with E-state index < -0.39 is 15.8 Å². The van der Waals surface area contributed by atoms with Crippen molar-refractivity contribution in [2.75, 3.05) is 26.3 Å². The molecule has 1 atom stereocenters. The van der Waals surface area contributed by atoms with Crippen LogP contribution < -0.4 is 10.0 Å². The lowest BCUT2D eigenvalue weighted by atomic mass is 10.2. The second kappa shape index (κ2) is 5.96. The van der Waals surface area contributed by atoms with Crippen LogP contribution in [0.2, 0.25) is 0 Å². The Morgan fingerprint density at radius 2 is 2.32 bits per heavy atom. The van der Waals surface area contributed by atoms with E-state index in [0.29, 0.717) is 25.3 Å². The van der Waals surface area contributed by atoms with Gasteiger partial charge in [-0.15, -0.1) is 0 Å². The van der Waals surface area contributed by atoms with E-state index in [-0.39, 0.29) is 17.5 Å². The zero-order chi connectivity index (χ0) is 13.9. The molecular weight excluding hydrogens is 271 g/mol. The first-order chi connectivity index (χ1) is 8.99. The molecule has 2 N–H and O–H groups in total. The Morgan fingerprint density at radius 1 is 1.53 bits per heavy atom. The predicted octanol–water partition coefficient (Wildman–Crippen LogP) is 0.401. The van der Waals surface area contributed by atoms with Crippen molar-refractivity contribution in [3.63, 3.8) is 0 Å². The summed E-state index contributed by atoms with van der Waals surface area (Å²) in [5, 5.41) is 3.12. The molecule has 0 bridgehead atoms. The summed E-state index contributed by atoms with van der Waals surface area (Å²) in [5.74, 6) is -0.744. The topological polar surface area (TPSA) is 67.4 Å². The Labute approximate surface area is 112 Å². The van der Waals surface area contributed by atoms with Crippen molar-refractivity contribution in [3.8, 4) is 0 Å². The monoisotopic (exact) mass is 288 g/mol. The quantitative estimate of drug-likeness (QED) is 0.841. The maximum atomic E-state index is 13.6. The Bertz CT molecular complexity index is 542. The van der Waals surface area contributed by atoms with E-state index >= 15 is 0 Å². The van der Waals surface area contributed by atoms with E-state index in [2.05, 4.69) is 10.0 Å². The Balaban J connectivity index is 2.07. The van der Waals surface area contributed by atoms with Crippen molar-refractivity contribution < 1.29 is 17.5 Å². The molecule has 1 saturated heterocycles. The lowest BCUT2D eigenvalue weighted by Crippen LogP contribution is -2.48. The van der Waals surface area contributed by atoms with Gasteiger partial charge in [0.25, 0.3) is 0 Å². The first-order valence-corrected chi connectivity index (χ1v) is 7.54. The highest BCUT2D eigenvalue weighted by Gasteiger charge is 2.21. The van der Waals surface area contributed by atoms with Crippen LogP contribution in [0.5, 0.6) is 0 Å². The molecule has 0 saturated carbocycles. The number of hydrogen-bond acceptors (Lipinski definition) is 4. The van der Waals surface area contributed by atoms with Crippen LogP contribution in [0, 0.1) is 12.7 Å². The molecule has 0 aromatic heterocycles. The fraction of sp³-hybridized carbons (Fsp3) is 0.500. The third kappa shape index (κ3) is 3.73. The van der Waals surface area contributed by atoms with Crippen molar-refractivity contribution in [1.82, 2.24) is 10.0 Å². The lowest BCUT2D eigenvalue weighted by Gasteiger charge is -2.23. The molecule has 0 spiro atoms. The number of benzene rings is 1. The van der Waals surface area contributed by atoms with Crippen molar-refractivity contribution >= 4 is 10.0 Å². The van der Waals surface area contributed by atoms with Crippen LogP contribution in [0.15, 0.2) is 23.1 Å². The number of ether oxygens (including phenoxy) is 1. The van der Waals surface area contributed by atoms with Crippen LogP contribution >= 0.6 is 0 Å². The third-order valence-corrected chi connectivity index (χ3v) is 4.33. The molecule has 1 fully saturated rings. The highest BCUT2D eigenvalue weighted by atomic mass is 32.2. The molecule has 1 heterocycles. The van der Waals surface area contributed by atoms with Gasteiger partial charge in [0.2, 0.25) is 10.0 Å². The molecule has 5 nitrogen and oxygen atoms in total. The molecule has 1 aromatic carbocycles. The molecule has 1 aliphatic rings. The van der Waals surface area contributed by atoms with Gasteiger partial charge in [0.15, 0.2) is 0 Å². The smallest absolute Gasteiger partial charge is 0.243 e. The molecular formula is C12H17FN2O3S. The summed E-state index contributed by atoms with van der Waals surface area (Å²) < 4.78 is 45.3. The molecule has 0 amide bonds. The second-order valence-corrected chi connectivity index (χ2v) is 6.25. The number of rotatable bonds is 4. The van der Waals surface area contributed by atoms with E-state index in [9.17, 15) is 12.8 Å². The fourth-order valence-electron chi connectivity index (χ4n) is 1.86. The molecule has 0 aliphatic carbocycles. The third-order valence-electron chi connectivity index (χ3n) is 2.89. The van der Waals surface area contributed by atoms with Gasteiger partial charge < -0.3 is 10.1 Å². The maximum Gasteiger partial charge on any atom is 0.243 e. The summed E-state index contributed by atoms with van der Waals surface area (Å²) >= 11 is 0. The van der Waals surface area contributed by atoms with E-state index in [1.165, 1.54) is 12.1 Å². The van der Waals surface area contributed by atoms with E-state index in [0.717, 1.165) is 6.07 Å². The molecule has 2 rings (SSSR count). The minimum Gasteiger partial charge on any atom is -0.378 e. The van der Waals surface area contributed by atoms with Gasteiger partial charge in [0.05, 0.1) is 13.2 Å². The number of sulfonamides is 1. The van der Waals surface area contributed by atoms with Gasteiger partial charge in [-0.1, -0.05) is 6.07 Å². The number of nitrogens with one attached hydrogen (secondary N) is 2. The van der Waals surface area contributed by atoms with Gasteiger partial charge >= 0.3 is 0 Å². The fourth-order valence-corrected chi connectivity index (χ4v) is 3.10. The van der Waals surface area contributed by atoms with E-state index in [1.807, 2.05) is 0 Å². The predicted molar refractivity (Wildman–Crippen MR) is 68.9 cm³/mol. The van der Waals surface area contributed by atoms with E-state index in [1.54, 1.807) is 6.92 Å². The van der Waals surface area contributed by atoms with Gasteiger partial charge in [-0.05, 0) is 24.6 Å². The molecule has 106 valence electrons. The van der Waals surface area contributed by atoms with Gasteiger partial charge in [0.1, 0.15) is 10.7 Å². The molecule has 7 heteroatoms. The summed E-state index contributed by atoms with van der Waals surface area (Å²) in [7, 11) is -3.83. The van der Waals surface area contributed by atoms with Gasteiger partial charge in [-0.2, -0.15) is 0 Å². The average molecular weight is 288 g/mol. The molecule has 19 heavy (non-hydrogen) atoms. The number of hydrogen-bond donors (Lipinski definition) is 2. The van der Waals surface area contributed by atoms with Crippen LogP contribution in [-0.4, -0.2) is 40.8 Å². The second-order valence-electron chi connectivity index (χ2n) is 4.51. The van der Waals surface area contributed by atoms with Gasteiger partial charge in [0, 0.05) is 19.1 Å². The summed E-state index contributed by atoms with van der Waals surface area (Å²) in [4.78, 5) is -0.316. The molecule has 1 aromatic rings. The molecule has 1 aliphatic heterocycles. The first kappa shape index (κ1) is 14.4. The van der Waals surface area contributed by atoms with Gasteiger partial charge in [-0.25, -0.2) is 17.5 Å². The van der Waals surface area contributed by atoms with Crippen molar-refractivity contribution in [3.05, 3.63) is 29.6 Å². The van der Waals surface area contributed by atoms with Crippen molar-refractivity contribution in [2.45, 2.75) is 17.9 Å². The average Bonchev–Trinajstić information content (AvgIpc) is 2.40. The Morgan fingerprint density at radius 3 is 3.00 bits per heavy atom. The zero-order valence-electron chi connectivity index (χ0n) is 10.6. The Kier molecular flexibility index (Phi) is 4.51. The van der Waals surface area contributed by atoms with Gasteiger partial charge in [-0.3, -0.25) is 0 Å². The molecule has 0 radical (unpaired) electrons. The summed E-state index contributed by atoms with van der Waals surface area (Å²) in [6, 6.07) is 3.93. The normalized spacial score (nSPS) is 20.4. The number of halogens is 1. The minimum absolute atomic E-state index is 0.0867.